The van der Waals surface area contributed by atoms with Gasteiger partial charge in [0.1, 0.15) is 24.4 Å². The quantitative estimate of drug-likeness (QED) is 0.196. The molecule has 4 aliphatic rings. The fourth-order valence-corrected chi connectivity index (χ4v) is 8.25. The summed E-state index contributed by atoms with van der Waals surface area (Å²) in [6.45, 7) is 9.77. The van der Waals surface area contributed by atoms with E-state index in [9.17, 15) is 29.4 Å². The Kier molecular flexibility index (Phi) is 8.04. The molecule has 236 valence electrons. The number of allylic oxidation sites excluding steroid dienone is 1. The molecule has 2 saturated carbocycles. The number of aliphatic hydroxyl groups is 2. The highest BCUT2D eigenvalue weighted by molar-refractivity contribution is 6.04. The molecule has 0 aromatic heterocycles. The van der Waals surface area contributed by atoms with Gasteiger partial charge in [-0.1, -0.05) is 62.4 Å². The molecule has 44 heavy (non-hydrogen) atoms. The maximum Gasteiger partial charge on any atom is 0.333 e. The van der Waals surface area contributed by atoms with E-state index >= 15 is 0 Å². The van der Waals surface area contributed by atoms with Gasteiger partial charge in [0.05, 0.1) is 12.0 Å². The molecule has 0 heterocycles. The molecule has 2 fully saturated rings. The fourth-order valence-electron chi connectivity index (χ4n) is 8.25. The van der Waals surface area contributed by atoms with Gasteiger partial charge in [0.25, 0.3) is 0 Å². The van der Waals surface area contributed by atoms with Crippen LogP contribution < -0.4 is 0 Å². The van der Waals surface area contributed by atoms with Crippen molar-refractivity contribution in [2.45, 2.75) is 77.6 Å². The molecular formula is C35H42O9. The van der Waals surface area contributed by atoms with Crippen LogP contribution in [0.2, 0.25) is 0 Å². The number of carbonyl (C=O) groups excluding carboxylic acids is 4. The SMILES string of the molecule is C/C=C(\C)C(=O)OCC1(C)C2C3C=C(COC(C)=O)CC4(O)C(=O)C(C)=CC4C3(O)C(C)CC21OC(=O)Cc1ccccc1. The number of hydrogen-bond donors (Lipinski definition) is 2. The Morgan fingerprint density at radius 3 is 2.39 bits per heavy atom. The van der Waals surface area contributed by atoms with E-state index in [-0.39, 0.29) is 32.5 Å². The van der Waals surface area contributed by atoms with Crippen LogP contribution in [0.5, 0.6) is 0 Å². The fraction of sp³-hybridized carbons (Fsp3) is 0.543. The van der Waals surface area contributed by atoms with Crippen molar-refractivity contribution in [1.82, 2.24) is 0 Å². The lowest BCUT2D eigenvalue weighted by atomic mass is 9.60. The zero-order valence-electron chi connectivity index (χ0n) is 26.2. The molecule has 9 nitrogen and oxygen atoms in total. The van der Waals surface area contributed by atoms with E-state index in [2.05, 4.69) is 0 Å². The summed E-state index contributed by atoms with van der Waals surface area (Å²) in [5.74, 6) is -4.71. The van der Waals surface area contributed by atoms with Crippen LogP contribution in [0.15, 0.2) is 65.3 Å². The molecule has 1 aromatic rings. The molecule has 0 amide bonds. The van der Waals surface area contributed by atoms with Crippen LogP contribution in [0.1, 0.15) is 59.9 Å². The number of ether oxygens (including phenoxy) is 3. The van der Waals surface area contributed by atoms with Crippen molar-refractivity contribution in [3.05, 3.63) is 70.8 Å². The number of hydrogen-bond acceptors (Lipinski definition) is 9. The largest absolute Gasteiger partial charge is 0.462 e. The van der Waals surface area contributed by atoms with E-state index in [4.69, 9.17) is 14.2 Å². The summed E-state index contributed by atoms with van der Waals surface area (Å²) >= 11 is 0. The third kappa shape index (κ3) is 4.85. The lowest BCUT2D eigenvalue weighted by molar-refractivity contribution is -0.187. The van der Waals surface area contributed by atoms with E-state index in [1.807, 2.05) is 44.2 Å². The average Bonchev–Trinajstić information content (AvgIpc) is 3.42. The van der Waals surface area contributed by atoms with Crippen molar-refractivity contribution in [2.75, 3.05) is 13.2 Å². The zero-order chi connectivity index (χ0) is 32.2. The zero-order valence-corrected chi connectivity index (χ0v) is 26.2. The predicted octanol–water partition coefficient (Wildman–Crippen LogP) is 3.81. The van der Waals surface area contributed by atoms with Crippen molar-refractivity contribution in [3.8, 4) is 0 Å². The van der Waals surface area contributed by atoms with E-state index in [0.717, 1.165) is 5.56 Å². The first kappa shape index (κ1) is 31.9. The number of ketones is 1. The molecule has 1 aromatic carbocycles. The Labute approximate surface area is 257 Å². The normalized spacial score (nSPS) is 37.4. The van der Waals surface area contributed by atoms with Gasteiger partial charge in [-0.3, -0.25) is 14.4 Å². The van der Waals surface area contributed by atoms with E-state index in [1.165, 1.54) is 6.92 Å². The lowest BCUT2D eigenvalue weighted by Crippen LogP contribution is -2.61. The van der Waals surface area contributed by atoms with Gasteiger partial charge in [0.2, 0.25) is 0 Å². The third-order valence-electron chi connectivity index (χ3n) is 10.7. The summed E-state index contributed by atoms with van der Waals surface area (Å²) in [5.41, 5.74) is -3.50. The number of fused-ring (bicyclic) bond motifs is 5. The second kappa shape index (κ2) is 11.1. The molecule has 0 radical (unpaired) electrons. The van der Waals surface area contributed by atoms with E-state index in [0.29, 0.717) is 16.7 Å². The highest BCUT2D eigenvalue weighted by Gasteiger charge is 2.85. The molecule has 0 saturated heterocycles. The molecule has 8 atom stereocenters. The molecule has 4 aliphatic carbocycles. The van der Waals surface area contributed by atoms with Gasteiger partial charge in [0.15, 0.2) is 5.78 Å². The first-order chi connectivity index (χ1) is 20.6. The van der Waals surface area contributed by atoms with E-state index < -0.39 is 69.6 Å². The Morgan fingerprint density at radius 1 is 1.07 bits per heavy atom. The van der Waals surface area contributed by atoms with Crippen molar-refractivity contribution in [2.24, 2.45) is 29.1 Å². The minimum atomic E-state index is -1.93. The van der Waals surface area contributed by atoms with Gasteiger partial charge in [-0.15, -0.1) is 0 Å². The molecule has 0 bridgehead atoms. The predicted molar refractivity (Wildman–Crippen MR) is 160 cm³/mol. The summed E-state index contributed by atoms with van der Waals surface area (Å²) in [6, 6.07) is 9.24. The maximum atomic E-state index is 13.5. The number of esters is 3. The highest BCUT2D eigenvalue weighted by Crippen LogP contribution is 2.76. The van der Waals surface area contributed by atoms with Crippen LogP contribution in [0.3, 0.4) is 0 Å². The number of carbonyl (C=O) groups is 4. The number of benzene rings is 1. The van der Waals surface area contributed by atoms with Gasteiger partial charge in [-0.05, 0) is 49.8 Å². The van der Waals surface area contributed by atoms with Gasteiger partial charge in [-0.25, -0.2) is 4.79 Å². The molecule has 5 rings (SSSR count). The Morgan fingerprint density at radius 2 is 1.75 bits per heavy atom. The molecular weight excluding hydrogens is 564 g/mol. The minimum absolute atomic E-state index is 0.0402. The van der Waals surface area contributed by atoms with Crippen LogP contribution in [0.4, 0.5) is 0 Å². The summed E-state index contributed by atoms with van der Waals surface area (Å²) in [4.78, 5) is 51.4. The van der Waals surface area contributed by atoms with Crippen molar-refractivity contribution in [1.29, 1.82) is 0 Å². The lowest BCUT2D eigenvalue weighted by Gasteiger charge is -2.50. The monoisotopic (exact) mass is 606 g/mol. The van der Waals surface area contributed by atoms with Crippen LogP contribution >= 0.6 is 0 Å². The maximum absolute atomic E-state index is 13.5. The third-order valence-corrected chi connectivity index (χ3v) is 10.7. The van der Waals surface area contributed by atoms with Gasteiger partial charge in [0, 0.05) is 42.1 Å². The first-order valence-corrected chi connectivity index (χ1v) is 15.2. The number of rotatable bonds is 8. The van der Waals surface area contributed by atoms with E-state index in [1.54, 1.807) is 39.0 Å². The van der Waals surface area contributed by atoms with Crippen LogP contribution in [-0.4, -0.2) is 63.9 Å². The topological polar surface area (TPSA) is 136 Å². The Bertz CT molecular complexity index is 1470. The summed E-state index contributed by atoms with van der Waals surface area (Å²) < 4.78 is 17.5. The average molecular weight is 607 g/mol. The standard InChI is InChI=1S/C35H42O9/c1-7-20(2)31(39)43-19-32(6)29-26-14-25(18-42-23(5)36)17-33(40)27(13-21(3)30(33)38)35(26,41)22(4)16-34(29,32)44-28(37)15-24-11-9-8-10-12-24/h7-14,22,26-27,29,40-41H,15-19H2,1-6H3/b20-7+. The minimum Gasteiger partial charge on any atom is -0.462 e. The summed E-state index contributed by atoms with van der Waals surface area (Å²) in [6.07, 6.45) is 5.24. The number of Topliss-reactive ketones (excluding diaryl/α,β-unsaturated/α-hetero) is 1. The van der Waals surface area contributed by atoms with Crippen LogP contribution in [0, 0.1) is 29.1 Å². The second-order valence-corrected chi connectivity index (χ2v) is 13.3. The van der Waals surface area contributed by atoms with Gasteiger partial charge < -0.3 is 24.4 Å². The molecule has 0 aliphatic heterocycles. The van der Waals surface area contributed by atoms with Crippen LogP contribution in [-0.2, 0) is 39.8 Å². The van der Waals surface area contributed by atoms with Crippen molar-refractivity contribution >= 4 is 23.7 Å². The molecule has 2 N–H and O–H groups in total. The van der Waals surface area contributed by atoms with Crippen molar-refractivity contribution in [3.63, 3.8) is 0 Å². The first-order valence-electron chi connectivity index (χ1n) is 15.2. The molecule has 8 unspecified atom stereocenters. The molecule has 9 heteroatoms. The highest BCUT2D eigenvalue weighted by atomic mass is 16.6. The summed E-state index contributed by atoms with van der Waals surface area (Å²) in [5, 5.41) is 24.7. The summed E-state index contributed by atoms with van der Waals surface area (Å²) in [7, 11) is 0. The second-order valence-electron chi connectivity index (χ2n) is 13.3. The molecule has 0 spiro atoms. The smallest absolute Gasteiger partial charge is 0.333 e. The van der Waals surface area contributed by atoms with Gasteiger partial charge in [-0.2, -0.15) is 0 Å². The Hall–Kier alpha value is -3.56. The Balaban J connectivity index is 1.60. The van der Waals surface area contributed by atoms with Crippen LogP contribution in [0.25, 0.3) is 0 Å². The van der Waals surface area contributed by atoms with Gasteiger partial charge >= 0.3 is 17.9 Å². The van der Waals surface area contributed by atoms with Crippen molar-refractivity contribution < 1.29 is 43.6 Å².